The van der Waals surface area contributed by atoms with Gasteiger partial charge in [0.1, 0.15) is 0 Å². The van der Waals surface area contributed by atoms with Gasteiger partial charge in [0, 0.05) is 0 Å². The van der Waals surface area contributed by atoms with Crippen molar-refractivity contribution >= 4 is 0 Å². The first-order valence-corrected chi connectivity index (χ1v) is 4.07. The molecule has 0 atom stereocenters. The molecule has 0 aliphatic rings. The van der Waals surface area contributed by atoms with Gasteiger partial charge in [-0.1, -0.05) is 26.0 Å². The molecule has 0 aromatic carbocycles. The van der Waals surface area contributed by atoms with Crippen molar-refractivity contribution in [2.24, 2.45) is 5.92 Å². The van der Waals surface area contributed by atoms with Crippen molar-refractivity contribution in [3.05, 3.63) is 12.2 Å². The van der Waals surface area contributed by atoms with Gasteiger partial charge < -0.3 is 5.32 Å². The molecule has 1 N–H and O–H groups in total. The predicted molar refractivity (Wildman–Crippen MR) is 47.1 cm³/mol. The Morgan fingerprint density at radius 3 is 2.50 bits per heavy atom. The highest BCUT2D eigenvalue weighted by Crippen LogP contribution is 1.99. The smallest absolute Gasteiger partial charge is 0.00173 e. The van der Waals surface area contributed by atoms with Crippen molar-refractivity contribution < 1.29 is 0 Å². The zero-order valence-electron chi connectivity index (χ0n) is 7.35. The Morgan fingerprint density at radius 1 is 1.30 bits per heavy atom. The molecule has 1 heteroatoms. The van der Waals surface area contributed by atoms with Gasteiger partial charge in [-0.15, -0.1) is 0 Å². The summed E-state index contributed by atoms with van der Waals surface area (Å²) in [5.74, 6) is 0.797. The molecule has 0 aromatic heterocycles. The molecule has 10 heavy (non-hydrogen) atoms. The van der Waals surface area contributed by atoms with E-state index in [1.165, 1.54) is 6.42 Å². The maximum Gasteiger partial charge on any atom is -0.00173 e. The van der Waals surface area contributed by atoms with Crippen LogP contribution in [0.15, 0.2) is 12.2 Å². The van der Waals surface area contributed by atoms with Gasteiger partial charge in [0.05, 0.1) is 0 Å². The van der Waals surface area contributed by atoms with Gasteiger partial charge in [0.2, 0.25) is 0 Å². The fourth-order valence-corrected chi connectivity index (χ4v) is 0.714. The van der Waals surface area contributed by atoms with E-state index in [-0.39, 0.29) is 0 Å². The maximum atomic E-state index is 3.10. The Kier molecular flexibility index (Phi) is 6.61. The van der Waals surface area contributed by atoms with E-state index in [9.17, 15) is 0 Å². The van der Waals surface area contributed by atoms with E-state index in [0.717, 1.165) is 18.9 Å². The molecule has 0 aliphatic heterocycles. The van der Waals surface area contributed by atoms with E-state index in [4.69, 9.17) is 0 Å². The Hall–Kier alpha value is -0.300. The fraction of sp³-hybridized carbons (Fsp3) is 0.778. The third-order valence-corrected chi connectivity index (χ3v) is 1.34. The molecule has 0 heterocycles. The molecule has 0 rings (SSSR count). The van der Waals surface area contributed by atoms with Crippen LogP contribution in [0.25, 0.3) is 0 Å². The van der Waals surface area contributed by atoms with Crippen molar-refractivity contribution in [1.82, 2.24) is 5.32 Å². The molecular formula is C9H19N. The van der Waals surface area contributed by atoms with Crippen LogP contribution in [0.2, 0.25) is 0 Å². The summed E-state index contributed by atoms with van der Waals surface area (Å²) in [6.07, 6.45) is 6.88. The summed E-state index contributed by atoms with van der Waals surface area (Å²) in [6.45, 7) is 5.57. The van der Waals surface area contributed by atoms with Gasteiger partial charge in [0.25, 0.3) is 0 Å². The lowest BCUT2D eigenvalue weighted by molar-refractivity contribution is 0.661. The Labute approximate surface area is 64.5 Å². The standard InChI is InChI=1S/C9H19N/c1-9(2)7-5-4-6-8-10-3/h4-5,9-10H,6-8H2,1-3H3/b5-4-. The topological polar surface area (TPSA) is 12.0 Å². The van der Waals surface area contributed by atoms with Crippen LogP contribution in [0.4, 0.5) is 0 Å². The van der Waals surface area contributed by atoms with Crippen LogP contribution in [0.3, 0.4) is 0 Å². The molecule has 60 valence electrons. The molecule has 0 bridgehead atoms. The molecule has 1 nitrogen and oxygen atoms in total. The van der Waals surface area contributed by atoms with Gasteiger partial charge in [-0.25, -0.2) is 0 Å². The van der Waals surface area contributed by atoms with Gasteiger partial charge >= 0.3 is 0 Å². The quantitative estimate of drug-likeness (QED) is 0.457. The van der Waals surface area contributed by atoms with Gasteiger partial charge in [-0.2, -0.15) is 0 Å². The van der Waals surface area contributed by atoms with E-state index < -0.39 is 0 Å². The molecule has 0 aromatic rings. The number of rotatable bonds is 5. The average Bonchev–Trinajstić information content (AvgIpc) is 1.87. The fourth-order valence-electron chi connectivity index (χ4n) is 0.714. The normalized spacial score (nSPS) is 11.6. The second-order valence-electron chi connectivity index (χ2n) is 2.99. The zero-order chi connectivity index (χ0) is 7.82. The number of nitrogens with one attached hydrogen (secondary N) is 1. The summed E-state index contributed by atoms with van der Waals surface area (Å²) >= 11 is 0. The Balaban J connectivity index is 3.04. The third-order valence-electron chi connectivity index (χ3n) is 1.34. The van der Waals surface area contributed by atoms with Crippen LogP contribution in [0.1, 0.15) is 26.7 Å². The minimum atomic E-state index is 0.797. The first kappa shape index (κ1) is 9.70. The largest absolute Gasteiger partial charge is 0.319 e. The van der Waals surface area contributed by atoms with Crippen LogP contribution >= 0.6 is 0 Å². The summed E-state index contributed by atoms with van der Waals surface area (Å²) < 4.78 is 0. The SMILES string of the molecule is CNCC/C=C\CC(C)C. The molecule has 0 unspecified atom stereocenters. The summed E-state index contributed by atoms with van der Waals surface area (Å²) in [5, 5.41) is 3.10. The minimum Gasteiger partial charge on any atom is -0.319 e. The third kappa shape index (κ3) is 7.70. The summed E-state index contributed by atoms with van der Waals surface area (Å²) in [5.41, 5.74) is 0. The predicted octanol–water partition coefficient (Wildman–Crippen LogP) is 2.20. The molecule has 0 fully saturated rings. The number of hydrogen-bond acceptors (Lipinski definition) is 1. The summed E-state index contributed by atoms with van der Waals surface area (Å²) in [7, 11) is 1.98. The molecule has 0 radical (unpaired) electrons. The van der Waals surface area contributed by atoms with E-state index in [1.807, 2.05) is 7.05 Å². The van der Waals surface area contributed by atoms with Crippen LogP contribution in [-0.4, -0.2) is 13.6 Å². The van der Waals surface area contributed by atoms with E-state index in [1.54, 1.807) is 0 Å². The molecule has 0 spiro atoms. The van der Waals surface area contributed by atoms with Crippen molar-refractivity contribution in [3.63, 3.8) is 0 Å². The number of hydrogen-bond donors (Lipinski definition) is 1. The van der Waals surface area contributed by atoms with Crippen LogP contribution in [0.5, 0.6) is 0 Å². The van der Waals surface area contributed by atoms with Crippen LogP contribution < -0.4 is 5.32 Å². The molecule has 0 saturated heterocycles. The van der Waals surface area contributed by atoms with Crippen LogP contribution in [-0.2, 0) is 0 Å². The van der Waals surface area contributed by atoms with E-state index in [0.29, 0.717) is 0 Å². The first-order valence-electron chi connectivity index (χ1n) is 4.07. The molecule has 0 aliphatic carbocycles. The highest BCUT2D eigenvalue weighted by Gasteiger charge is 1.85. The Bertz CT molecular complexity index is 84.7. The van der Waals surface area contributed by atoms with E-state index >= 15 is 0 Å². The summed E-state index contributed by atoms with van der Waals surface area (Å²) in [4.78, 5) is 0. The Morgan fingerprint density at radius 2 is 2.00 bits per heavy atom. The molecule has 0 saturated carbocycles. The second-order valence-corrected chi connectivity index (χ2v) is 2.99. The number of allylic oxidation sites excluding steroid dienone is 1. The van der Waals surface area contributed by atoms with Crippen molar-refractivity contribution in [3.8, 4) is 0 Å². The zero-order valence-corrected chi connectivity index (χ0v) is 7.35. The van der Waals surface area contributed by atoms with Crippen molar-refractivity contribution in [1.29, 1.82) is 0 Å². The average molecular weight is 141 g/mol. The van der Waals surface area contributed by atoms with Gasteiger partial charge in [0.15, 0.2) is 0 Å². The van der Waals surface area contributed by atoms with Gasteiger partial charge in [-0.3, -0.25) is 0 Å². The lowest BCUT2D eigenvalue weighted by Crippen LogP contribution is -2.05. The highest BCUT2D eigenvalue weighted by atomic mass is 14.8. The second kappa shape index (κ2) is 6.81. The van der Waals surface area contributed by atoms with Crippen LogP contribution in [0, 0.1) is 5.92 Å². The van der Waals surface area contributed by atoms with Crippen molar-refractivity contribution in [2.75, 3.05) is 13.6 Å². The first-order chi connectivity index (χ1) is 4.77. The lowest BCUT2D eigenvalue weighted by Gasteiger charge is -1.96. The lowest BCUT2D eigenvalue weighted by atomic mass is 10.1. The summed E-state index contributed by atoms with van der Waals surface area (Å²) in [6, 6.07) is 0. The minimum absolute atomic E-state index is 0.797. The van der Waals surface area contributed by atoms with Crippen molar-refractivity contribution in [2.45, 2.75) is 26.7 Å². The maximum absolute atomic E-state index is 3.10. The monoisotopic (exact) mass is 141 g/mol. The highest BCUT2D eigenvalue weighted by molar-refractivity contribution is 4.82. The molecular weight excluding hydrogens is 122 g/mol. The van der Waals surface area contributed by atoms with E-state index in [2.05, 4.69) is 31.3 Å². The molecule has 0 amide bonds. The van der Waals surface area contributed by atoms with Gasteiger partial charge in [-0.05, 0) is 32.4 Å².